The number of nitrogens with one attached hydrogen (secondary N) is 1. The van der Waals surface area contributed by atoms with Crippen LogP contribution in [0, 0.1) is 11.2 Å². The largest absolute Gasteiger partial charge is 0.369 e. The van der Waals surface area contributed by atoms with Gasteiger partial charge in [-0.05, 0) is 50.4 Å². The number of anilines is 1. The van der Waals surface area contributed by atoms with Gasteiger partial charge in [-0.2, -0.15) is 0 Å². The summed E-state index contributed by atoms with van der Waals surface area (Å²) in [5, 5.41) is 3.39. The van der Waals surface area contributed by atoms with E-state index in [4.69, 9.17) is 0 Å². The predicted octanol–water partition coefficient (Wildman–Crippen LogP) is 3.04. The van der Waals surface area contributed by atoms with Crippen molar-refractivity contribution in [2.24, 2.45) is 5.41 Å². The Morgan fingerprint density at radius 1 is 1.28 bits per heavy atom. The molecule has 0 radical (unpaired) electrons. The van der Waals surface area contributed by atoms with Gasteiger partial charge in [-0.3, -0.25) is 0 Å². The molecule has 0 aliphatic carbocycles. The van der Waals surface area contributed by atoms with Crippen LogP contribution in [0.1, 0.15) is 26.7 Å². The van der Waals surface area contributed by atoms with Crippen LogP contribution in [0.2, 0.25) is 0 Å². The zero-order valence-electron chi connectivity index (χ0n) is 11.4. The smallest absolute Gasteiger partial charge is 0.146 e. The molecule has 3 heteroatoms. The summed E-state index contributed by atoms with van der Waals surface area (Å²) in [5.74, 6) is -0.114. The first kappa shape index (κ1) is 13.3. The highest BCUT2D eigenvalue weighted by molar-refractivity contribution is 5.47. The third-order valence-electron chi connectivity index (χ3n) is 3.96. The number of piperidine rings is 1. The first-order valence-electron chi connectivity index (χ1n) is 6.85. The summed E-state index contributed by atoms with van der Waals surface area (Å²) in [6.45, 7) is 8.35. The average molecular weight is 250 g/mol. The highest BCUT2D eigenvalue weighted by Crippen LogP contribution is 2.31. The van der Waals surface area contributed by atoms with E-state index < -0.39 is 0 Å². The minimum Gasteiger partial charge on any atom is -0.369 e. The minimum atomic E-state index is -0.114. The van der Waals surface area contributed by atoms with Gasteiger partial charge in [0.05, 0.1) is 5.69 Å². The zero-order chi connectivity index (χ0) is 13.0. The first-order valence-corrected chi connectivity index (χ1v) is 6.85. The summed E-state index contributed by atoms with van der Waals surface area (Å²) < 4.78 is 13.9. The minimum absolute atomic E-state index is 0.114. The third kappa shape index (κ3) is 3.02. The number of rotatable bonds is 4. The molecule has 100 valence electrons. The van der Waals surface area contributed by atoms with E-state index in [0.717, 1.165) is 44.7 Å². The topological polar surface area (TPSA) is 15.3 Å². The molecular formula is C15H23FN2. The molecule has 1 saturated heterocycles. The molecule has 1 aliphatic rings. The number of hydrogen-bond donors (Lipinski definition) is 1. The van der Waals surface area contributed by atoms with Gasteiger partial charge in [0.1, 0.15) is 5.82 Å². The van der Waals surface area contributed by atoms with E-state index in [-0.39, 0.29) is 5.82 Å². The summed E-state index contributed by atoms with van der Waals surface area (Å²) in [4.78, 5) is 2.17. The van der Waals surface area contributed by atoms with Crippen LogP contribution in [-0.4, -0.2) is 26.2 Å². The molecule has 1 aliphatic heterocycles. The van der Waals surface area contributed by atoms with Crippen molar-refractivity contribution in [3.05, 3.63) is 30.1 Å². The van der Waals surface area contributed by atoms with Crippen LogP contribution < -0.4 is 10.2 Å². The number of halogens is 1. The summed E-state index contributed by atoms with van der Waals surface area (Å²) >= 11 is 0. The number of nitrogens with zero attached hydrogens (tertiary/aromatic N) is 1. The van der Waals surface area contributed by atoms with Crippen molar-refractivity contribution in [3.8, 4) is 0 Å². The number of benzene rings is 1. The van der Waals surface area contributed by atoms with Crippen LogP contribution in [0.3, 0.4) is 0 Å². The molecule has 2 rings (SSSR count). The second-order valence-electron chi connectivity index (χ2n) is 5.53. The van der Waals surface area contributed by atoms with E-state index in [2.05, 4.69) is 24.1 Å². The molecule has 0 unspecified atom stereocenters. The second-order valence-corrected chi connectivity index (χ2v) is 5.53. The monoisotopic (exact) mass is 250 g/mol. The summed E-state index contributed by atoms with van der Waals surface area (Å²) in [6.07, 6.45) is 2.33. The molecule has 18 heavy (non-hydrogen) atoms. The molecule has 0 saturated carbocycles. The Labute approximate surface area is 109 Å². The SMILES string of the molecule is CCN(CC1(C)CCNCC1)c1ccccc1F. The fourth-order valence-electron chi connectivity index (χ4n) is 2.72. The lowest BCUT2D eigenvalue weighted by atomic mass is 9.80. The highest BCUT2D eigenvalue weighted by atomic mass is 19.1. The van der Waals surface area contributed by atoms with Crippen LogP contribution in [0.4, 0.5) is 10.1 Å². The Bertz CT molecular complexity index is 386. The Morgan fingerprint density at radius 3 is 2.56 bits per heavy atom. The van der Waals surface area contributed by atoms with Crippen LogP contribution in [0.25, 0.3) is 0 Å². The molecule has 1 aromatic carbocycles. The Morgan fingerprint density at radius 2 is 1.94 bits per heavy atom. The lowest BCUT2D eigenvalue weighted by molar-refractivity contribution is 0.234. The van der Waals surface area contributed by atoms with Gasteiger partial charge in [0.2, 0.25) is 0 Å². The average Bonchev–Trinajstić information content (AvgIpc) is 2.38. The highest BCUT2D eigenvalue weighted by Gasteiger charge is 2.29. The van der Waals surface area contributed by atoms with Crippen molar-refractivity contribution in [1.82, 2.24) is 5.32 Å². The normalized spacial score (nSPS) is 18.6. The summed E-state index contributed by atoms with van der Waals surface area (Å²) in [5.41, 5.74) is 1.03. The molecule has 0 aromatic heterocycles. The van der Waals surface area contributed by atoms with E-state index in [1.165, 1.54) is 0 Å². The molecule has 0 atom stereocenters. The van der Waals surface area contributed by atoms with Gasteiger partial charge in [0.15, 0.2) is 0 Å². The summed E-state index contributed by atoms with van der Waals surface area (Å²) in [6, 6.07) is 7.08. The maximum Gasteiger partial charge on any atom is 0.146 e. The Balaban J connectivity index is 2.12. The molecule has 1 N–H and O–H groups in total. The van der Waals surface area contributed by atoms with Crippen molar-refractivity contribution in [1.29, 1.82) is 0 Å². The standard InChI is InChI=1S/C15H23FN2/c1-3-18(14-7-5-4-6-13(14)16)12-15(2)8-10-17-11-9-15/h4-7,17H,3,8-12H2,1-2H3. The molecule has 2 nitrogen and oxygen atoms in total. The van der Waals surface area contributed by atoms with Crippen molar-refractivity contribution in [2.45, 2.75) is 26.7 Å². The zero-order valence-corrected chi connectivity index (χ0v) is 11.4. The predicted molar refractivity (Wildman–Crippen MR) is 74.5 cm³/mol. The van der Waals surface area contributed by atoms with Crippen molar-refractivity contribution in [2.75, 3.05) is 31.1 Å². The second kappa shape index (κ2) is 5.70. The van der Waals surface area contributed by atoms with E-state index in [1.54, 1.807) is 12.1 Å². The van der Waals surface area contributed by atoms with Gasteiger partial charge < -0.3 is 10.2 Å². The van der Waals surface area contributed by atoms with Crippen molar-refractivity contribution in [3.63, 3.8) is 0 Å². The lowest BCUT2D eigenvalue weighted by Gasteiger charge is -2.39. The van der Waals surface area contributed by atoms with Gasteiger partial charge in [0.25, 0.3) is 0 Å². The van der Waals surface area contributed by atoms with Gasteiger partial charge in [-0.15, -0.1) is 0 Å². The first-order chi connectivity index (χ1) is 8.64. The summed E-state index contributed by atoms with van der Waals surface area (Å²) in [7, 11) is 0. The fourth-order valence-corrected chi connectivity index (χ4v) is 2.72. The van der Waals surface area contributed by atoms with Gasteiger partial charge in [-0.1, -0.05) is 19.1 Å². The van der Waals surface area contributed by atoms with Crippen LogP contribution >= 0.6 is 0 Å². The van der Waals surface area contributed by atoms with Crippen molar-refractivity contribution >= 4 is 5.69 Å². The quantitative estimate of drug-likeness (QED) is 0.883. The molecular weight excluding hydrogens is 227 g/mol. The maximum absolute atomic E-state index is 13.9. The molecule has 1 aromatic rings. The molecule has 1 heterocycles. The maximum atomic E-state index is 13.9. The van der Waals surface area contributed by atoms with Gasteiger partial charge in [-0.25, -0.2) is 4.39 Å². The van der Waals surface area contributed by atoms with Crippen molar-refractivity contribution < 1.29 is 4.39 Å². The van der Waals surface area contributed by atoms with E-state index in [1.807, 2.05) is 12.1 Å². The van der Waals surface area contributed by atoms with E-state index in [0.29, 0.717) is 5.41 Å². The Hall–Kier alpha value is -1.09. The van der Waals surface area contributed by atoms with E-state index in [9.17, 15) is 4.39 Å². The molecule has 0 spiro atoms. The van der Waals surface area contributed by atoms with Gasteiger partial charge >= 0.3 is 0 Å². The van der Waals surface area contributed by atoms with Crippen LogP contribution in [0.15, 0.2) is 24.3 Å². The van der Waals surface area contributed by atoms with E-state index >= 15 is 0 Å². The number of hydrogen-bond acceptors (Lipinski definition) is 2. The lowest BCUT2D eigenvalue weighted by Crippen LogP contribution is -2.43. The molecule has 0 bridgehead atoms. The molecule has 0 amide bonds. The Kier molecular flexibility index (Phi) is 4.23. The number of para-hydroxylation sites is 1. The molecule has 1 fully saturated rings. The third-order valence-corrected chi connectivity index (χ3v) is 3.96. The van der Waals surface area contributed by atoms with Gasteiger partial charge in [0, 0.05) is 13.1 Å². The van der Waals surface area contributed by atoms with Crippen LogP contribution in [0.5, 0.6) is 0 Å². The van der Waals surface area contributed by atoms with Crippen LogP contribution in [-0.2, 0) is 0 Å². The fraction of sp³-hybridized carbons (Fsp3) is 0.600.